The summed E-state index contributed by atoms with van der Waals surface area (Å²) in [6.45, 7) is 0.0979. The first-order valence-corrected chi connectivity index (χ1v) is 8.68. The molecule has 2 aromatic carbocycles. The third-order valence-electron chi connectivity index (χ3n) is 3.50. The van der Waals surface area contributed by atoms with Gasteiger partial charge in [-0.05, 0) is 30.3 Å². The van der Waals surface area contributed by atoms with Crippen molar-refractivity contribution in [1.29, 1.82) is 0 Å². The number of rotatable bonds is 5. The highest BCUT2D eigenvalue weighted by Crippen LogP contribution is 2.22. The fraction of sp³-hybridized carbons (Fsp3) is 0.0526. The van der Waals surface area contributed by atoms with E-state index in [2.05, 4.69) is 16.0 Å². The number of carbonyl (C=O) groups is 2. The summed E-state index contributed by atoms with van der Waals surface area (Å²) in [6.07, 6.45) is 0. The topological polar surface area (TPSA) is 70.2 Å². The normalized spacial score (nSPS) is 10.2. The summed E-state index contributed by atoms with van der Waals surface area (Å²) in [4.78, 5) is 24.5. The molecular formula is C19H16FN3O2S. The molecule has 3 N–H and O–H groups in total. The molecule has 0 saturated heterocycles. The summed E-state index contributed by atoms with van der Waals surface area (Å²) in [6, 6.07) is 18.2. The molecule has 0 radical (unpaired) electrons. The lowest BCUT2D eigenvalue weighted by Crippen LogP contribution is -2.22. The van der Waals surface area contributed by atoms with Crippen LogP contribution in [0.5, 0.6) is 0 Å². The fourth-order valence-corrected chi connectivity index (χ4v) is 3.04. The molecule has 3 rings (SSSR count). The second kappa shape index (κ2) is 8.26. The van der Waals surface area contributed by atoms with E-state index in [9.17, 15) is 14.0 Å². The first-order valence-electron chi connectivity index (χ1n) is 7.86. The van der Waals surface area contributed by atoms with E-state index < -0.39 is 6.03 Å². The second-order valence-corrected chi connectivity index (χ2v) is 6.47. The van der Waals surface area contributed by atoms with E-state index in [0.717, 1.165) is 11.3 Å². The van der Waals surface area contributed by atoms with Gasteiger partial charge in [0, 0.05) is 17.8 Å². The standard InChI is InChI=1S/C19H16FN3O2S/c20-15-9-5-4-6-13(15)12-21-18(24)16-10-11-17(26-16)23-19(25)22-14-7-2-1-3-8-14/h1-11H,12H2,(H,21,24)(H2,22,23,25). The molecule has 0 atom stereocenters. The number of carbonyl (C=O) groups excluding carboxylic acids is 2. The summed E-state index contributed by atoms with van der Waals surface area (Å²) in [5.74, 6) is -0.686. The van der Waals surface area contributed by atoms with E-state index in [-0.39, 0.29) is 18.3 Å². The van der Waals surface area contributed by atoms with Crippen LogP contribution in [0.4, 0.5) is 19.9 Å². The lowest BCUT2D eigenvalue weighted by atomic mass is 10.2. The number of urea groups is 1. The Labute approximate surface area is 153 Å². The Hall–Kier alpha value is -3.19. The Morgan fingerprint density at radius 2 is 1.62 bits per heavy atom. The van der Waals surface area contributed by atoms with E-state index in [1.807, 2.05) is 18.2 Å². The summed E-state index contributed by atoms with van der Waals surface area (Å²) in [5, 5.41) is 8.58. The zero-order valence-electron chi connectivity index (χ0n) is 13.7. The lowest BCUT2D eigenvalue weighted by molar-refractivity contribution is 0.0954. The minimum absolute atomic E-state index is 0.0979. The number of benzene rings is 2. The number of anilines is 2. The quantitative estimate of drug-likeness (QED) is 0.621. The zero-order chi connectivity index (χ0) is 18.4. The third-order valence-corrected chi connectivity index (χ3v) is 4.49. The van der Waals surface area contributed by atoms with Crippen molar-refractivity contribution in [2.75, 3.05) is 10.6 Å². The minimum atomic E-state index is -0.392. The smallest absolute Gasteiger partial charge is 0.324 e. The molecule has 0 bridgehead atoms. The first kappa shape index (κ1) is 17.6. The zero-order valence-corrected chi connectivity index (χ0v) is 14.5. The Morgan fingerprint density at radius 1 is 0.885 bits per heavy atom. The maximum atomic E-state index is 13.6. The molecule has 3 aromatic rings. The van der Waals surface area contributed by atoms with Crippen molar-refractivity contribution in [3.8, 4) is 0 Å². The number of para-hydroxylation sites is 1. The van der Waals surface area contributed by atoms with Crippen molar-refractivity contribution in [2.45, 2.75) is 6.54 Å². The molecule has 0 aliphatic rings. The lowest BCUT2D eigenvalue weighted by Gasteiger charge is -2.06. The van der Waals surface area contributed by atoms with Gasteiger partial charge in [-0.15, -0.1) is 11.3 Å². The summed E-state index contributed by atoms with van der Waals surface area (Å²) < 4.78 is 13.6. The van der Waals surface area contributed by atoms with E-state index in [4.69, 9.17) is 0 Å². The van der Waals surface area contributed by atoms with Gasteiger partial charge in [-0.1, -0.05) is 36.4 Å². The molecule has 0 saturated carbocycles. The summed E-state index contributed by atoms with van der Waals surface area (Å²) >= 11 is 1.14. The van der Waals surface area contributed by atoms with Crippen LogP contribution in [0.1, 0.15) is 15.2 Å². The van der Waals surface area contributed by atoms with Gasteiger partial charge in [-0.25, -0.2) is 9.18 Å². The molecule has 26 heavy (non-hydrogen) atoms. The number of halogens is 1. The van der Waals surface area contributed by atoms with Gasteiger partial charge in [0.2, 0.25) is 0 Å². The van der Waals surface area contributed by atoms with Crippen molar-refractivity contribution >= 4 is 34.0 Å². The molecule has 0 spiro atoms. The van der Waals surface area contributed by atoms with Crippen LogP contribution in [0, 0.1) is 5.82 Å². The predicted molar refractivity (Wildman–Crippen MR) is 101 cm³/mol. The minimum Gasteiger partial charge on any atom is -0.347 e. The van der Waals surface area contributed by atoms with Gasteiger partial charge < -0.3 is 10.6 Å². The largest absolute Gasteiger partial charge is 0.347 e. The number of thiophene rings is 1. The molecule has 0 fully saturated rings. The van der Waals surface area contributed by atoms with Gasteiger partial charge in [-0.2, -0.15) is 0 Å². The van der Waals surface area contributed by atoms with Gasteiger partial charge in [0.15, 0.2) is 0 Å². The molecule has 0 aliphatic heterocycles. The van der Waals surface area contributed by atoms with Crippen molar-refractivity contribution < 1.29 is 14.0 Å². The van der Waals surface area contributed by atoms with Crippen molar-refractivity contribution in [1.82, 2.24) is 5.32 Å². The molecule has 132 valence electrons. The van der Waals surface area contributed by atoms with E-state index in [0.29, 0.717) is 21.1 Å². The number of nitrogens with one attached hydrogen (secondary N) is 3. The van der Waals surface area contributed by atoms with Crippen LogP contribution in [0.2, 0.25) is 0 Å². The van der Waals surface area contributed by atoms with Gasteiger partial charge in [0.25, 0.3) is 5.91 Å². The van der Waals surface area contributed by atoms with Gasteiger partial charge >= 0.3 is 6.03 Å². The molecule has 7 heteroatoms. The van der Waals surface area contributed by atoms with Crippen LogP contribution in [-0.2, 0) is 6.54 Å². The van der Waals surface area contributed by atoms with Crippen molar-refractivity contribution in [3.05, 3.63) is 83.0 Å². The van der Waals surface area contributed by atoms with Crippen molar-refractivity contribution in [2.24, 2.45) is 0 Å². The fourth-order valence-electron chi connectivity index (χ4n) is 2.23. The average molecular weight is 369 g/mol. The van der Waals surface area contributed by atoms with Crippen molar-refractivity contribution in [3.63, 3.8) is 0 Å². The average Bonchev–Trinajstić information content (AvgIpc) is 3.10. The summed E-state index contributed by atoms with van der Waals surface area (Å²) in [5.41, 5.74) is 1.09. The molecule has 1 heterocycles. The number of amides is 3. The highest BCUT2D eigenvalue weighted by molar-refractivity contribution is 7.18. The summed E-state index contributed by atoms with van der Waals surface area (Å²) in [7, 11) is 0. The monoisotopic (exact) mass is 369 g/mol. The number of hydrogen-bond donors (Lipinski definition) is 3. The van der Waals surface area contributed by atoms with Gasteiger partial charge in [0.05, 0.1) is 9.88 Å². The highest BCUT2D eigenvalue weighted by atomic mass is 32.1. The first-order chi connectivity index (χ1) is 12.6. The molecule has 0 unspecified atom stereocenters. The van der Waals surface area contributed by atoms with Crippen LogP contribution in [0.25, 0.3) is 0 Å². The highest BCUT2D eigenvalue weighted by Gasteiger charge is 2.11. The Morgan fingerprint density at radius 3 is 2.38 bits per heavy atom. The van der Waals surface area contributed by atoms with E-state index >= 15 is 0 Å². The van der Waals surface area contributed by atoms with Gasteiger partial charge in [0.1, 0.15) is 5.82 Å². The van der Waals surface area contributed by atoms with Crippen LogP contribution in [0.3, 0.4) is 0 Å². The molecular weight excluding hydrogens is 353 g/mol. The van der Waals surface area contributed by atoms with E-state index in [1.54, 1.807) is 42.5 Å². The van der Waals surface area contributed by atoms with Crippen LogP contribution >= 0.6 is 11.3 Å². The van der Waals surface area contributed by atoms with Crippen LogP contribution in [0.15, 0.2) is 66.7 Å². The van der Waals surface area contributed by atoms with Crippen LogP contribution < -0.4 is 16.0 Å². The SMILES string of the molecule is O=C(Nc1ccccc1)Nc1ccc(C(=O)NCc2ccccc2F)s1. The predicted octanol–water partition coefficient (Wildman–Crippen LogP) is 4.46. The second-order valence-electron chi connectivity index (χ2n) is 5.38. The molecule has 3 amide bonds. The maximum absolute atomic E-state index is 13.6. The Bertz CT molecular complexity index is 912. The van der Waals surface area contributed by atoms with Gasteiger partial charge in [-0.3, -0.25) is 10.1 Å². The molecule has 1 aromatic heterocycles. The maximum Gasteiger partial charge on any atom is 0.324 e. The third kappa shape index (κ3) is 4.67. The number of hydrogen-bond acceptors (Lipinski definition) is 3. The molecule has 0 aliphatic carbocycles. The Balaban J connectivity index is 1.54. The Kier molecular flexibility index (Phi) is 5.60. The van der Waals surface area contributed by atoms with E-state index in [1.165, 1.54) is 6.07 Å². The molecule has 5 nitrogen and oxygen atoms in total. The van der Waals surface area contributed by atoms with Crippen LogP contribution in [-0.4, -0.2) is 11.9 Å².